The maximum atomic E-state index is 12.9. The van der Waals surface area contributed by atoms with Crippen LogP contribution in [0.25, 0.3) is 0 Å². The molecule has 0 heterocycles. The molecule has 0 aromatic heterocycles. The van der Waals surface area contributed by atoms with Crippen molar-refractivity contribution in [3.8, 4) is 0 Å². The van der Waals surface area contributed by atoms with Crippen LogP contribution in [0.1, 0.15) is 316 Å². The van der Waals surface area contributed by atoms with E-state index in [2.05, 4.69) is 26.0 Å². The molecule has 0 aromatic rings. The van der Waals surface area contributed by atoms with Crippen LogP contribution >= 0.6 is 0 Å². The zero-order valence-electron chi connectivity index (χ0n) is 48.6. The van der Waals surface area contributed by atoms with E-state index in [9.17, 15) is 19.5 Å². The molecule has 426 valence electrons. The number of quaternary nitrogens is 1. The number of ether oxygens (including phenoxy) is 4. The van der Waals surface area contributed by atoms with Crippen LogP contribution in [0.4, 0.5) is 0 Å². The zero-order chi connectivity index (χ0) is 52.7. The molecular weight excluding hydrogens is 899 g/mol. The standard InChI is InChI=1S/C63H121NO8/c1-6-8-10-12-14-16-18-20-22-24-25-26-27-28-29-30-31-32-33-34-35-36-38-39-41-43-45-47-49-51-53-60(65)70-57-59(58-71-63(62(67)68)69-56-55-64(3,4)5)72-61(66)54-52-50-48-46-44-42-40-37-23-21-19-17-15-13-11-9-7-2/h21,23,59,63H,6-20,22,24-58H2,1-5H3/p+1/b23-21-. The van der Waals surface area contributed by atoms with Crippen LogP contribution in [0.3, 0.4) is 0 Å². The summed E-state index contributed by atoms with van der Waals surface area (Å²) in [5, 5.41) is 9.70. The Hall–Kier alpha value is -1.97. The Morgan fingerprint density at radius 3 is 1.03 bits per heavy atom. The van der Waals surface area contributed by atoms with Gasteiger partial charge in [0.25, 0.3) is 6.29 Å². The van der Waals surface area contributed by atoms with E-state index in [1.165, 1.54) is 238 Å². The van der Waals surface area contributed by atoms with E-state index >= 15 is 0 Å². The van der Waals surface area contributed by atoms with Gasteiger partial charge in [0.05, 0.1) is 34.4 Å². The second-order valence-corrected chi connectivity index (χ2v) is 22.7. The van der Waals surface area contributed by atoms with Crippen LogP contribution < -0.4 is 0 Å². The number of rotatable bonds is 59. The largest absolute Gasteiger partial charge is 0.477 e. The number of esters is 2. The lowest BCUT2D eigenvalue weighted by Gasteiger charge is -2.25. The van der Waals surface area contributed by atoms with Crippen LogP contribution in [0.15, 0.2) is 12.2 Å². The summed E-state index contributed by atoms with van der Waals surface area (Å²) in [6.45, 7) is 4.93. The molecule has 0 aromatic carbocycles. The molecule has 2 unspecified atom stereocenters. The number of carboxylic acid groups (broad SMARTS) is 1. The number of nitrogens with zero attached hydrogens (tertiary/aromatic N) is 1. The van der Waals surface area contributed by atoms with Crippen molar-refractivity contribution in [2.45, 2.75) is 328 Å². The third-order valence-electron chi connectivity index (χ3n) is 14.3. The number of likely N-dealkylation sites (N-methyl/N-ethyl adjacent to an activating group) is 1. The molecule has 0 saturated heterocycles. The summed E-state index contributed by atoms with van der Waals surface area (Å²) in [6.07, 6.45) is 61.7. The molecule has 9 nitrogen and oxygen atoms in total. The molecule has 0 amide bonds. The van der Waals surface area contributed by atoms with E-state index < -0.39 is 24.3 Å². The van der Waals surface area contributed by atoms with Crippen LogP contribution in [0, 0.1) is 0 Å². The van der Waals surface area contributed by atoms with Crippen LogP contribution in [-0.2, 0) is 33.3 Å². The Labute approximate surface area is 446 Å². The first-order chi connectivity index (χ1) is 35.1. The molecule has 1 N–H and O–H groups in total. The summed E-state index contributed by atoms with van der Waals surface area (Å²) in [5.74, 6) is -1.99. The van der Waals surface area contributed by atoms with Gasteiger partial charge < -0.3 is 28.5 Å². The molecule has 0 rings (SSSR count). The lowest BCUT2D eigenvalue weighted by Crippen LogP contribution is -2.40. The highest BCUT2D eigenvalue weighted by Crippen LogP contribution is 2.18. The van der Waals surface area contributed by atoms with Crippen molar-refractivity contribution in [2.75, 3.05) is 47.5 Å². The molecule has 0 bridgehead atoms. The molecule has 0 radical (unpaired) electrons. The normalized spacial score (nSPS) is 12.7. The fourth-order valence-corrected chi connectivity index (χ4v) is 9.42. The molecule has 0 spiro atoms. The molecule has 0 fully saturated rings. The van der Waals surface area contributed by atoms with E-state index in [4.69, 9.17) is 18.9 Å². The van der Waals surface area contributed by atoms with Gasteiger partial charge in [0.2, 0.25) is 0 Å². The fraction of sp³-hybridized carbons (Fsp3) is 0.921. The van der Waals surface area contributed by atoms with Crippen molar-refractivity contribution < 1.29 is 42.9 Å². The van der Waals surface area contributed by atoms with Crippen molar-refractivity contribution >= 4 is 17.9 Å². The van der Waals surface area contributed by atoms with Gasteiger partial charge in [0.1, 0.15) is 13.2 Å². The Kier molecular flexibility index (Phi) is 53.8. The number of carbonyl (C=O) groups is 3. The Morgan fingerprint density at radius 1 is 0.403 bits per heavy atom. The minimum absolute atomic E-state index is 0.177. The lowest BCUT2D eigenvalue weighted by molar-refractivity contribution is -0.870. The SMILES string of the molecule is CCCCCCCC/C=C\CCCCCCCCCC(=O)OC(COC(=O)CCCCCCCCCCCCCCCCCCCCCCCCCCCCCCCC)COC(OCC[N+](C)(C)C)C(=O)O. The highest BCUT2D eigenvalue weighted by molar-refractivity contribution is 5.71. The molecule has 2 atom stereocenters. The minimum Gasteiger partial charge on any atom is -0.477 e. The van der Waals surface area contributed by atoms with Gasteiger partial charge in [-0.1, -0.05) is 276 Å². The van der Waals surface area contributed by atoms with Gasteiger partial charge in [0, 0.05) is 12.8 Å². The van der Waals surface area contributed by atoms with E-state index in [1.807, 2.05) is 21.1 Å². The van der Waals surface area contributed by atoms with Gasteiger partial charge in [-0.25, -0.2) is 4.79 Å². The molecule has 72 heavy (non-hydrogen) atoms. The quantitative estimate of drug-likeness (QED) is 0.0211. The van der Waals surface area contributed by atoms with Crippen LogP contribution in [-0.4, -0.2) is 87.4 Å². The van der Waals surface area contributed by atoms with Gasteiger partial charge in [-0.15, -0.1) is 0 Å². The van der Waals surface area contributed by atoms with E-state index in [-0.39, 0.29) is 32.2 Å². The summed E-state index contributed by atoms with van der Waals surface area (Å²) >= 11 is 0. The third kappa shape index (κ3) is 55.8. The average Bonchev–Trinajstić information content (AvgIpc) is 3.35. The molecule has 0 aliphatic carbocycles. The first-order valence-corrected chi connectivity index (χ1v) is 31.4. The van der Waals surface area contributed by atoms with Gasteiger partial charge in [0.15, 0.2) is 6.10 Å². The number of hydrogen-bond donors (Lipinski definition) is 1. The highest BCUT2D eigenvalue weighted by atomic mass is 16.7. The van der Waals surface area contributed by atoms with Crippen molar-refractivity contribution in [3.63, 3.8) is 0 Å². The van der Waals surface area contributed by atoms with Crippen molar-refractivity contribution in [1.82, 2.24) is 0 Å². The Bertz CT molecular complexity index is 1190. The predicted molar refractivity (Wildman–Crippen MR) is 305 cm³/mol. The molecular formula is C63H122NO8+. The van der Waals surface area contributed by atoms with E-state index in [1.54, 1.807) is 0 Å². The number of unbranched alkanes of at least 4 members (excludes halogenated alkanes) is 42. The summed E-state index contributed by atoms with van der Waals surface area (Å²) in [6, 6.07) is 0. The van der Waals surface area contributed by atoms with Crippen LogP contribution in [0.2, 0.25) is 0 Å². The average molecular weight is 1020 g/mol. The first-order valence-electron chi connectivity index (χ1n) is 31.4. The first kappa shape index (κ1) is 70.0. The number of hydrogen-bond acceptors (Lipinski definition) is 7. The lowest BCUT2D eigenvalue weighted by atomic mass is 10.0. The van der Waals surface area contributed by atoms with Gasteiger partial charge >= 0.3 is 17.9 Å². The number of allylic oxidation sites excluding steroid dienone is 2. The molecule has 0 saturated carbocycles. The predicted octanol–water partition coefficient (Wildman–Crippen LogP) is 18.5. The number of carboxylic acids is 1. The molecule has 0 aliphatic heterocycles. The third-order valence-corrected chi connectivity index (χ3v) is 14.3. The topological polar surface area (TPSA) is 108 Å². The Balaban J connectivity index is 4.07. The van der Waals surface area contributed by atoms with E-state index in [0.29, 0.717) is 17.4 Å². The smallest absolute Gasteiger partial charge is 0.361 e. The highest BCUT2D eigenvalue weighted by Gasteiger charge is 2.25. The van der Waals surface area contributed by atoms with Crippen molar-refractivity contribution in [2.24, 2.45) is 0 Å². The number of carbonyl (C=O) groups excluding carboxylic acids is 2. The van der Waals surface area contributed by atoms with Crippen molar-refractivity contribution in [1.29, 1.82) is 0 Å². The zero-order valence-corrected chi connectivity index (χ0v) is 48.6. The summed E-state index contributed by atoms with van der Waals surface area (Å²) in [7, 11) is 5.98. The summed E-state index contributed by atoms with van der Waals surface area (Å²) in [4.78, 5) is 37.4. The van der Waals surface area contributed by atoms with E-state index in [0.717, 1.165) is 51.4 Å². The minimum atomic E-state index is -1.51. The van der Waals surface area contributed by atoms with Gasteiger partial charge in [-0.05, 0) is 38.5 Å². The maximum absolute atomic E-state index is 12.9. The maximum Gasteiger partial charge on any atom is 0.361 e. The fourth-order valence-electron chi connectivity index (χ4n) is 9.42. The van der Waals surface area contributed by atoms with Crippen LogP contribution in [0.5, 0.6) is 0 Å². The molecule has 0 aliphatic rings. The van der Waals surface area contributed by atoms with Crippen molar-refractivity contribution in [3.05, 3.63) is 12.2 Å². The second-order valence-electron chi connectivity index (χ2n) is 22.7. The number of aliphatic carboxylic acids is 1. The monoisotopic (exact) mass is 1020 g/mol. The summed E-state index contributed by atoms with van der Waals surface area (Å²) in [5.41, 5.74) is 0. The van der Waals surface area contributed by atoms with Gasteiger partial charge in [-0.3, -0.25) is 9.59 Å². The summed E-state index contributed by atoms with van der Waals surface area (Å²) < 4.78 is 22.9. The molecule has 9 heteroatoms. The second kappa shape index (κ2) is 55.3. The van der Waals surface area contributed by atoms with Gasteiger partial charge in [-0.2, -0.15) is 0 Å². The Morgan fingerprint density at radius 2 is 0.708 bits per heavy atom.